The molecule has 1 aromatic rings. The Hall–Kier alpha value is -1.17. The lowest BCUT2D eigenvalue weighted by Gasteiger charge is -2.08. The molecule has 0 heterocycles. The van der Waals surface area contributed by atoms with Crippen LogP contribution in [0.1, 0.15) is 5.56 Å². The lowest BCUT2D eigenvalue weighted by atomic mass is 10.1. The van der Waals surface area contributed by atoms with Crippen molar-refractivity contribution in [3.8, 4) is 0 Å². The average Bonchev–Trinajstić information content (AvgIpc) is 2.28. The third kappa shape index (κ3) is 4.68. The van der Waals surface area contributed by atoms with Crippen molar-refractivity contribution in [2.75, 3.05) is 13.1 Å². The molecule has 0 aromatic heterocycles. The van der Waals surface area contributed by atoms with Crippen LogP contribution in [0.15, 0.2) is 18.2 Å². The molecule has 0 saturated heterocycles. The van der Waals surface area contributed by atoms with E-state index < -0.39 is 12.0 Å². The van der Waals surface area contributed by atoms with Gasteiger partial charge in [-0.1, -0.05) is 11.6 Å². The smallest absolute Gasteiger partial charge is 0.321 e. The minimum absolute atomic E-state index is 0.150. The highest BCUT2D eigenvalue weighted by molar-refractivity contribution is 6.30. The summed E-state index contributed by atoms with van der Waals surface area (Å²) >= 11 is 5.74. The number of carbonyl (C=O) groups is 1. The highest BCUT2D eigenvalue weighted by atomic mass is 35.5. The van der Waals surface area contributed by atoms with Crippen LogP contribution in [0.25, 0.3) is 0 Å². The zero-order chi connectivity index (χ0) is 12.8. The number of rotatable bonds is 6. The number of hydrogen-bond donors (Lipinski definition) is 3. The van der Waals surface area contributed by atoms with Gasteiger partial charge in [0.15, 0.2) is 0 Å². The van der Waals surface area contributed by atoms with Crippen LogP contribution < -0.4 is 11.1 Å². The molecule has 0 aliphatic rings. The molecule has 6 heteroatoms. The van der Waals surface area contributed by atoms with Gasteiger partial charge < -0.3 is 16.2 Å². The fourth-order valence-electron chi connectivity index (χ4n) is 1.30. The molecule has 4 N–H and O–H groups in total. The van der Waals surface area contributed by atoms with Crippen LogP contribution >= 0.6 is 11.6 Å². The molecule has 1 aromatic carbocycles. The molecule has 0 spiro atoms. The van der Waals surface area contributed by atoms with Gasteiger partial charge >= 0.3 is 5.97 Å². The lowest BCUT2D eigenvalue weighted by Crippen LogP contribution is -2.40. The summed E-state index contributed by atoms with van der Waals surface area (Å²) < 4.78 is 13.3. The van der Waals surface area contributed by atoms with Crippen molar-refractivity contribution in [1.82, 2.24) is 5.32 Å². The summed E-state index contributed by atoms with van der Waals surface area (Å²) in [7, 11) is 0. The minimum Gasteiger partial charge on any atom is -0.480 e. The number of halogens is 2. The SMILES string of the molecule is NC(CNCCc1cc(Cl)ccc1F)C(=O)O. The summed E-state index contributed by atoms with van der Waals surface area (Å²) in [4.78, 5) is 10.4. The highest BCUT2D eigenvalue weighted by Crippen LogP contribution is 2.14. The number of hydrogen-bond acceptors (Lipinski definition) is 3. The standard InChI is InChI=1S/C11H14ClFN2O2/c12-8-1-2-9(13)7(5-8)3-4-15-6-10(14)11(16)17/h1-2,5,10,15H,3-4,6,14H2,(H,16,17). The van der Waals surface area contributed by atoms with Crippen molar-refractivity contribution < 1.29 is 14.3 Å². The second kappa shape index (κ2) is 6.54. The number of nitrogens with two attached hydrogens (primary N) is 1. The van der Waals surface area contributed by atoms with Crippen molar-refractivity contribution in [2.24, 2.45) is 5.73 Å². The third-order valence-corrected chi connectivity index (χ3v) is 2.50. The molecule has 1 rings (SSSR count). The number of aliphatic carboxylic acids is 1. The Morgan fingerprint density at radius 3 is 2.94 bits per heavy atom. The van der Waals surface area contributed by atoms with Gasteiger partial charge in [-0.15, -0.1) is 0 Å². The molecule has 17 heavy (non-hydrogen) atoms. The van der Waals surface area contributed by atoms with Gasteiger partial charge in [-0.25, -0.2) is 4.39 Å². The van der Waals surface area contributed by atoms with Crippen LogP contribution in [0.3, 0.4) is 0 Å². The molecular weight excluding hydrogens is 247 g/mol. The van der Waals surface area contributed by atoms with Gasteiger partial charge in [-0.2, -0.15) is 0 Å². The van der Waals surface area contributed by atoms with Gasteiger partial charge in [0.2, 0.25) is 0 Å². The summed E-state index contributed by atoms with van der Waals surface area (Å²) in [6.07, 6.45) is 0.429. The van der Waals surface area contributed by atoms with Gasteiger partial charge in [0, 0.05) is 11.6 Å². The Kier molecular flexibility index (Phi) is 5.34. The Morgan fingerprint density at radius 2 is 2.29 bits per heavy atom. The number of carboxylic acid groups (broad SMARTS) is 1. The first-order valence-corrected chi connectivity index (χ1v) is 5.51. The molecule has 0 fully saturated rings. The molecule has 0 radical (unpaired) electrons. The van der Waals surface area contributed by atoms with E-state index in [1.807, 2.05) is 0 Å². The van der Waals surface area contributed by atoms with Crippen LogP contribution in [-0.4, -0.2) is 30.2 Å². The van der Waals surface area contributed by atoms with Gasteiger partial charge in [0.05, 0.1) is 0 Å². The van der Waals surface area contributed by atoms with Crippen LogP contribution in [0, 0.1) is 5.82 Å². The normalized spacial score (nSPS) is 12.4. The lowest BCUT2D eigenvalue weighted by molar-refractivity contribution is -0.138. The number of benzene rings is 1. The van der Waals surface area contributed by atoms with Crippen LogP contribution in [0.5, 0.6) is 0 Å². The largest absolute Gasteiger partial charge is 0.480 e. The highest BCUT2D eigenvalue weighted by Gasteiger charge is 2.10. The molecule has 0 aliphatic heterocycles. The van der Waals surface area contributed by atoms with Crippen molar-refractivity contribution in [3.05, 3.63) is 34.6 Å². The van der Waals surface area contributed by atoms with E-state index >= 15 is 0 Å². The Labute approximate surface area is 104 Å². The first-order chi connectivity index (χ1) is 8.00. The molecule has 0 aliphatic carbocycles. The van der Waals surface area contributed by atoms with E-state index in [4.69, 9.17) is 22.4 Å². The fraction of sp³-hybridized carbons (Fsp3) is 0.364. The maximum Gasteiger partial charge on any atom is 0.321 e. The summed E-state index contributed by atoms with van der Waals surface area (Å²) in [6, 6.07) is 3.39. The van der Waals surface area contributed by atoms with E-state index in [9.17, 15) is 9.18 Å². The second-order valence-electron chi connectivity index (χ2n) is 3.63. The summed E-state index contributed by atoms with van der Waals surface area (Å²) in [5.41, 5.74) is 5.79. The van der Waals surface area contributed by atoms with Crippen molar-refractivity contribution >= 4 is 17.6 Å². The van der Waals surface area contributed by atoms with Crippen LogP contribution in [0.4, 0.5) is 4.39 Å². The fourth-order valence-corrected chi connectivity index (χ4v) is 1.50. The quantitative estimate of drug-likeness (QED) is 0.668. The first-order valence-electron chi connectivity index (χ1n) is 5.13. The van der Waals surface area contributed by atoms with E-state index in [2.05, 4.69) is 5.32 Å². The van der Waals surface area contributed by atoms with Gasteiger partial charge in [-0.3, -0.25) is 4.79 Å². The zero-order valence-electron chi connectivity index (χ0n) is 9.12. The van der Waals surface area contributed by atoms with Crippen LogP contribution in [0.2, 0.25) is 5.02 Å². The van der Waals surface area contributed by atoms with Crippen molar-refractivity contribution in [3.63, 3.8) is 0 Å². The molecule has 0 saturated carbocycles. The zero-order valence-corrected chi connectivity index (χ0v) is 9.88. The molecule has 4 nitrogen and oxygen atoms in total. The maximum atomic E-state index is 13.3. The summed E-state index contributed by atoms with van der Waals surface area (Å²) in [6.45, 7) is 0.593. The summed E-state index contributed by atoms with van der Waals surface area (Å²) in [5.74, 6) is -1.38. The van der Waals surface area contributed by atoms with E-state index in [1.54, 1.807) is 6.07 Å². The first kappa shape index (κ1) is 13.9. The van der Waals surface area contributed by atoms with Crippen LogP contribution in [-0.2, 0) is 11.2 Å². The molecule has 0 bridgehead atoms. The Balaban J connectivity index is 2.36. The molecule has 1 unspecified atom stereocenters. The predicted molar refractivity (Wildman–Crippen MR) is 63.6 cm³/mol. The molecule has 94 valence electrons. The summed E-state index contributed by atoms with van der Waals surface area (Å²) in [5, 5.41) is 11.9. The van der Waals surface area contributed by atoms with E-state index in [-0.39, 0.29) is 12.4 Å². The van der Waals surface area contributed by atoms with Gasteiger partial charge in [-0.05, 0) is 36.7 Å². The topological polar surface area (TPSA) is 75.3 Å². The van der Waals surface area contributed by atoms with Gasteiger partial charge in [0.1, 0.15) is 11.9 Å². The van der Waals surface area contributed by atoms with Crippen molar-refractivity contribution in [2.45, 2.75) is 12.5 Å². The van der Waals surface area contributed by atoms with E-state index in [0.29, 0.717) is 23.6 Å². The van der Waals surface area contributed by atoms with E-state index in [0.717, 1.165) is 0 Å². The predicted octanol–water partition coefficient (Wildman–Crippen LogP) is 1.02. The molecule has 1 atom stereocenters. The Morgan fingerprint density at radius 1 is 1.59 bits per heavy atom. The second-order valence-corrected chi connectivity index (χ2v) is 4.07. The molecule has 0 amide bonds. The Bertz CT molecular complexity index is 401. The third-order valence-electron chi connectivity index (χ3n) is 2.26. The van der Waals surface area contributed by atoms with Gasteiger partial charge in [0.25, 0.3) is 0 Å². The number of carboxylic acids is 1. The van der Waals surface area contributed by atoms with E-state index in [1.165, 1.54) is 12.1 Å². The molecular formula is C11H14ClFN2O2. The average molecular weight is 261 g/mol. The number of nitrogens with one attached hydrogen (secondary N) is 1. The minimum atomic E-state index is -1.06. The monoisotopic (exact) mass is 260 g/mol. The maximum absolute atomic E-state index is 13.3. The van der Waals surface area contributed by atoms with Crippen molar-refractivity contribution in [1.29, 1.82) is 0 Å².